The molecule has 0 aromatic heterocycles. The topological polar surface area (TPSA) is 66.4 Å². The number of alkyl halides is 3. The van der Waals surface area contributed by atoms with Gasteiger partial charge in [-0.2, -0.15) is 13.2 Å². The molecule has 33 heavy (non-hydrogen) atoms. The van der Waals surface area contributed by atoms with E-state index >= 15 is 0 Å². The van der Waals surface area contributed by atoms with E-state index in [9.17, 15) is 27.9 Å². The first-order valence-corrected chi connectivity index (χ1v) is 11.3. The fourth-order valence-electron chi connectivity index (χ4n) is 3.69. The van der Waals surface area contributed by atoms with E-state index in [2.05, 4.69) is 5.32 Å². The summed E-state index contributed by atoms with van der Waals surface area (Å²) in [5.74, 6) is -6.67. The first kappa shape index (κ1) is 27.3. The van der Waals surface area contributed by atoms with Gasteiger partial charge in [0.05, 0.1) is 38.5 Å². The van der Waals surface area contributed by atoms with Crippen molar-refractivity contribution in [3.05, 3.63) is 62.6 Å². The Balaban J connectivity index is 2.46. The number of nitrogens with one attached hydrogen (secondary N) is 1. The van der Waals surface area contributed by atoms with Crippen molar-refractivity contribution in [1.82, 2.24) is 0 Å². The summed E-state index contributed by atoms with van der Waals surface area (Å²) in [6.07, 6.45) is -4.16. The van der Waals surface area contributed by atoms with Gasteiger partial charge in [-0.1, -0.05) is 67.7 Å². The van der Waals surface area contributed by atoms with E-state index in [4.69, 9.17) is 34.8 Å². The average Bonchev–Trinajstić information content (AvgIpc) is 2.72. The Kier molecular flexibility index (Phi) is 9.08. The number of carboxylic acids is 1. The van der Waals surface area contributed by atoms with Gasteiger partial charge < -0.3 is 10.4 Å². The van der Waals surface area contributed by atoms with Crippen molar-refractivity contribution in [3.8, 4) is 0 Å². The smallest absolute Gasteiger partial charge is 0.392 e. The zero-order valence-corrected chi connectivity index (χ0v) is 20.3. The van der Waals surface area contributed by atoms with Crippen molar-refractivity contribution in [2.75, 3.05) is 5.32 Å². The molecule has 4 atom stereocenters. The van der Waals surface area contributed by atoms with Gasteiger partial charge in [-0.3, -0.25) is 9.59 Å². The number of hydrogen-bond acceptors (Lipinski definition) is 2. The lowest BCUT2D eigenvalue weighted by Crippen LogP contribution is -2.34. The lowest BCUT2D eigenvalue weighted by molar-refractivity contribution is -0.178. The van der Waals surface area contributed by atoms with Gasteiger partial charge in [0.25, 0.3) is 0 Å². The second-order valence-corrected chi connectivity index (χ2v) is 9.07. The number of benzene rings is 2. The fraction of sp³-hybridized carbons (Fsp3) is 0.391. The quantitative estimate of drug-likeness (QED) is 0.370. The first-order chi connectivity index (χ1) is 15.3. The molecular weight excluding hydrogens is 502 g/mol. The molecule has 0 saturated heterocycles. The largest absolute Gasteiger partial charge is 0.481 e. The molecule has 1 unspecified atom stereocenters. The van der Waals surface area contributed by atoms with Crippen LogP contribution in [0.2, 0.25) is 15.1 Å². The number of hydrogen-bond donors (Lipinski definition) is 2. The second-order valence-electron chi connectivity index (χ2n) is 7.85. The highest BCUT2D eigenvalue weighted by Gasteiger charge is 2.45. The number of rotatable bonds is 8. The SMILES string of the molecule is CCC(c1ccc(Cl)c(NC(=O)[C@H](c2ccc(Cl)c(Cl)c2)[C@@H](C)C(F)(F)F)c1)[C@H](C)C(=O)O. The molecule has 0 fully saturated rings. The fourth-order valence-corrected chi connectivity index (χ4v) is 4.16. The Morgan fingerprint density at radius 2 is 1.55 bits per heavy atom. The Hall–Kier alpha value is -1.96. The van der Waals surface area contributed by atoms with Crippen LogP contribution in [0.1, 0.15) is 50.2 Å². The van der Waals surface area contributed by atoms with Crippen molar-refractivity contribution in [1.29, 1.82) is 0 Å². The van der Waals surface area contributed by atoms with E-state index in [0.29, 0.717) is 12.0 Å². The summed E-state index contributed by atoms with van der Waals surface area (Å²) in [6, 6.07) is 8.50. The van der Waals surface area contributed by atoms with Crippen LogP contribution < -0.4 is 5.32 Å². The third-order valence-electron chi connectivity index (χ3n) is 5.71. The van der Waals surface area contributed by atoms with Crippen LogP contribution in [0.15, 0.2) is 36.4 Å². The van der Waals surface area contributed by atoms with E-state index in [-0.39, 0.29) is 32.2 Å². The van der Waals surface area contributed by atoms with Gasteiger partial charge in [-0.25, -0.2) is 0 Å². The third kappa shape index (κ3) is 6.55. The summed E-state index contributed by atoms with van der Waals surface area (Å²) >= 11 is 18.1. The third-order valence-corrected chi connectivity index (χ3v) is 6.78. The number of anilines is 1. The summed E-state index contributed by atoms with van der Waals surface area (Å²) in [6.45, 7) is 4.30. The van der Waals surface area contributed by atoms with Crippen LogP contribution in [-0.2, 0) is 9.59 Å². The molecule has 0 bridgehead atoms. The van der Waals surface area contributed by atoms with Gasteiger partial charge in [0.2, 0.25) is 5.91 Å². The first-order valence-electron chi connectivity index (χ1n) is 10.1. The molecule has 4 nitrogen and oxygen atoms in total. The molecule has 0 aliphatic carbocycles. The number of aliphatic carboxylic acids is 1. The highest BCUT2D eigenvalue weighted by molar-refractivity contribution is 6.42. The number of carboxylic acid groups (broad SMARTS) is 1. The summed E-state index contributed by atoms with van der Waals surface area (Å²) in [7, 11) is 0. The van der Waals surface area contributed by atoms with Crippen LogP contribution in [0.4, 0.5) is 18.9 Å². The van der Waals surface area contributed by atoms with E-state index in [1.165, 1.54) is 30.3 Å². The lowest BCUT2D eigenvalue weighted by atomic mass is 9.84. The van der Waals surface area contributed by atoms with Crippen LogP contribution >= 0.6 is 34.8 Å². The van der Waals surface area contributed by atoms with Crippen LogP contribution in [0, 0.1) is 11.8 Å². The predicted octanol–water partition coefficient (Wildman–Crippen LogP) is 7.78. The molecule has 0 aliphatic rings. The van der Waals surface area contributed by atoms with Gasteiger partial charge >= 0.3 is 12.1 Å². The molecule has 10 heteroatoms. The summed E-state index contributed by atoms with van der Waals surface area (Å²) in [5.41, 5.74) is 0.738. The molecule has 2 aromatic rings. The molecule has 2 aromatic carbocycles. The predicted molar refractivity (Wildman–Crippen MR) is 124 cm³/mol. The molecular formula is C23H23Cl3F3NO3. The molecule has 0 saturated carbocycles. The van der Waals surface area contributed by atoms with Crippen LogP contribution in [-0.4, -0.2) is 23.2 Å². The van der Waals surface area contributed by atoms with Gasteiger partial charge in [0.1, 0.15) is 0 Å². The molecule has 180 valence electrons. The molecule has 0 aliphatic heterocycles. The van der Waals surface area contributed by atoms with Crippen molar-refractivity contribution in [3.63, 3.8) is 0 Å². The van der Waals surface area contributed by atoms with Crippen LogP contribution in [0.3, 0.4) is 0 Å². The maximum Gasteiger partial charge on any atom is 0.392 e. The van der Waals surface area contributed by atoms with Crippen LogP contribution in [0.25, 0.3) is 0 Å². The Morgan fingerprint density at radius 3 is 2.06 bits per heavy atom. The van der Waals surface area contributed by atoms with E-state index in [0.717, 1.165) is 6.92 Å². The van der Waals surface area contributed by atoms with Gasteiger partial charge in [-0.05, 0) is 47.7 Å². The van der Waals surface area contributed by atoms with Crippen molar-refractivity contribution in [2.45, 2.75) is 45.2 Å². The molecule has 2 N–H and O–H groups in total. The highest BCUT2D eigenvalue weighted by Crippen LogP contribution is 2.40. The highest BCUT2D eigenvalue weighted by atomic mass is 35.5. The maximum absolute atomic E-state index is 13.6. The van der Waals surface area contributed by atoms with Crippen molar-refractivity contribution < 1.29 is 27.9 Å². The normalized spacial score (nSPS) is 15.4. The number of carbonyl (C=O) groups is 2. The summed E-state index contributed by atoms with van der Waals surface area (Å²) < 4.78 is 40.8. The van der Waals surface area contributed by atoms with E-state index < -0.39 is 35.8 Å². The molecule has 1 amide bonds. The Bertz CT molecular complexity index is 1030. The van der Waals surface area contributed by atoms with Gasteiger partial charge in [-0.15, -0.1) is 0 Å². The molecule has 2 rings (SSSR count). The molecule has 0 spiro atoms. The molecule has 0 heterocycles. The number of halogens is 6. The average molecular weight is 525 g/mol. The maximum atomic E-state index is 13.6. The summed E-state index contributed by atoms with van der Waals surface area (Å²) in [4.78, 5) is 24.5. The minimum Gasteiger partial charge on any atom is -0.481 e. The van der Waals surface area contributed by atoms with Gasteiger partial charge in [0, 0.05) is 0 Å². The molecule has 0 radical (unpaired) electrons. The monoisotopic (exact) mass is 523 g/mol. The summed E-state index contributed by atoms with van der Waals surface area (Å²) in [5, 5.41) is 12.1. The van der Waals surface area contributed by atoms with E-state index in [1.807, 2.05) is 6.92 Å². The van der Waals surface area contributed by atoms with E-state index in [1.54, 1.807) is 13.0 Å². The minimum absolute atomic E-state index is 0.0230. The zero-order chi connectivity index (χ0) is 25.1. The van der Waals surface area contributed by atoms with Crippen molar-refractivity contribution >= 4 is 52.4 Å². The Labute approximate surface area is 205 Å². The zero-order valence-electron chi connectivity index (χ0n) is 18.0. The van der Waals surface area contributed by atoms with Gasteiger partial charge in [0.15, 0.2) is 0 Å². The standard InChI is InChI=1S/C23H23Cl3F3NO3/c1-4-15(11(2)22(32)33)13-5-8-17(25)19(10-13)30-21(31)20(12(3)23(27,28)29)14-6-7-16(24)18(26)9-14/h5-12,15,20H,4H2,1-3H3,(H,30,31)(H,32,33)/t11-,12+,15?,20-/m0/s1. The number of amides is 1. The Morgan fingerprint density at radius 1 is 0.970 bits per heavy atom. The minimum atomic E-state index is -4.66. The lowest BCUT2D eigenvalue weighted by Gasteiger charge is -2.26. The second kappa shape index (κ2) is 11.0. The van der Waals surface area contributed by atoms with Crippen LogP contribution in [0.5, 0.6) is 0 Å². The van der Waals surface area contributed by atoms with Crippen molar-refractivity contribution in [2.24, 2.45) is 11.8 Å². The number of carbonyl (C=O) groups excluding carboxylic acids is 1.